The van der Waals surface area contributed by atoms with Gasteiger partial charge >= 0.3 is 24.2 Å². The molecule has 0 saturated carbocycles. The molecule has 0 spiro atoms. The van der Waals surface area contributed by atoms with E-state index in [-0.39, 0.29) is 128 Å². The lowest BCUT2D eigenvalue weighted by molar-refractivity contribution is -0.172. The molecule has 7 N–H and O–H groups in total. The highest BCUT2D eigenvalue weighted by Crippen LogP contribution is 2.42. The van der Waals surface area contributed by atoms with Gasteiger partial charge in [0.2, 0.25) is 17.7 Å². The fraction of sp³-hybridized carbons (Fsp3) is 0.500. The van der Waals surface area contributed by atoms with Crippen molar-refractivity contribution in [2.24, 2.45) is 17.6 Å². The number of aromatic nitrogens is 2. The lowest BCUT2D eigenvalue weighted by atomic mass is 9.86. The molecular weight excluding hydrogens is 1040 g/mol. The number of cyclic esters (lactones) is 1. The van der Waals surface area contributed by atoms with Gasteiger partial charge in [0.25, 0.3) is 5.56 Å². The van der Waals surface area contributed by atoms with Crippen LogP contribution in [-0.2, 0) is 65.2 Å². The molecule has 1 unspecified atom stereocenters. The molecule has 428 valence electrons. The first-order valence-electron chi connectivity index (χ1n) is 26.5. The molecule has 2 aromatic carbocycles. The van der Waals surface area contributed by atoms with Gasteiger partial charge in [-0.05, 0) is 96.9 Å². The van der Waals surface area contributed by atoms with Crippen LogP contribution in [0.4, 0.5) is 20.1 Å². The summed E-state index contributed by atoms with van der Waals surface area (Å²) in [5.41, 5.74) is 7.84. The number of ketones is 1. The van der Waals surface area contributed by atoms with Gasteiger partial charge in [0.05, 0.1) is 29.0 Å². The molecule has 79 heavy (non-hydrogen) atoms. The van der Waals surface area contributed by atoms with Crippen LogP contribution in [0.1, 0.15) is 101 Å². The van der Waals surface area contributed by atoms with Gasteiger partial charge in [0.15, 0.2) is 5.60 Å². The maximum absolute atomic E-state index is 14.0. The Morgan fingerprint density at radius 3 is 2.22 bits per heavy atom. The highest BCUT2D eigenvalue weighted by molar-refractivity contribution is 8.16. The average Bonchev–Trinajstić information content (AvgIpc) is 4.07. The Balaban J connectivity index is 1.04. The maximum Gasteiger partial charge on any atom is 0.415 e. The Labute approximate surface area is 462 Å². The number of esters is 1. The summed E-state index contributed by atoms with van der Waals surface area (Å²) in [5, 5.41) is 23.1. The normalized spacial score (nSPS) is 15.6. The van der Waals surface area contributed by atoms with Gasteiger partial charge in [-0.3, -0.25) is 34.9 Å². The molecule has 22 nitrogen and oxygen atoms in total. The largest absolute Gasteiger partial charge is 0.458 e. The number of benzene rings is 2. The van der Waals surface area contributed by atoms with Crippen LogP contribution in [0.2, 0.25) is 0 Å². The third-order valence-electron chi connectivity index (χ3n) is 14.5. The van der Waals surface area contributed by atoms with E-state index < -0.39 is 59.6 Å². The zero-order chi connectivity index (χ0) is 58.0. The van der Waals surface area contributed by atoms with Crippen molar-refractivity contribution in [1.29, 1.82) is 0 Å². The quantitative estimate of drug-likeness (QED) is 0.0244. The summed E-state index contributed by atoms with van der Waals surface area (Å²) in [4.78, 5) is 124. The summed E-state index contributed by atoms with van der Waals surface area (Å²) >= 11 is 0. The van der Waals surface area contributed by atoms with Crippen LogP contribution in [0.15, 0.2) is 53.3 Å². The highest BCUT2D eigenvalue weighted by atomic mass is 32.2. The van der Waals surface area contributed by atoms with Crippen LogP contribution in [0.5, 0.6) is 5.75 Å². The van der Waals surface area contributed by atoms with Crippen molar-refractivity contribution in [2.45, 2.75) is 123 Å². The number of nitrogens with one attached hydrogen (secondary N) is 4. The summed E-state index contributed by atoms with van der Waals surface area (Å²) in [6, 6.07) is 10.5. The Bertz CT molecular complexity index is 3040. The summed E-state index contributed by atoms with van der Waals surface area (Å²) in [7, 11) is 2.70. The summed E-state index contributed by atoms with van der Waals surface area (Å²) in [6.45, 7) is 11.0. The van der Waals surface area contributed by atoms with Gasteiger partial charge in [-0.15, -0.1) is 0 Å². The predicted molar refractivity (Wildman–Crippen MR) is 300 cm³/mol. The molecule has 7 amide bonds. The molecular formula is C56H75N9O13S. The summed E-state index contributed by atoms with van der Waals surface area (Å²) in [5.74, 6) is -2.82. The third-order valence-corrected chi connectivity index (χ3v) is 16.4. The molecule has 2 aromatic heterocycles. The van der Waals surface area contributed by atoms with Crippen LogP contribution in [0.25, 0.3) is 22.3 Å². The van der Waals surface area contributed by atoms with Crippen molar-refractivity contribution >= 4 is 75.2 Å². The zero-order valence-electron chi connectivity index (χ0n) is 46.7. The van der Waals surface area contributed by atoms with E-state index in [2.05, 4.69) is 40.7 Å². The molecule has 4 atom stereocenters. The molecule has 2 aliphatic heterocycles. The molecule has 4 aromatic rings. The van der Waals surface area contributed by atoms with Crippen LogP contribution < -0.4 is 37.3 Å². The number of hydrogen-bond acceptors (Lipinski definition) is 14. The van der Waals surface area contributed by atoms with E-state index in [0.717, 1.165) is 16.5 Å². The maximum atomic E-state index is 14.0. The predicted octanol–water partition coefficient (Wildman–Crippen LogP) is 4.99. The fourth-order valence-corrected chi connectivity index (χ4v) is 9.65. The number of likely N-dealkylation sites (N-methyl/N-ethyl adjacent to an activating group) is 2. The minimum Gasteiger partial charge on any atom is -0.458 e. The van der Waals surface area contributed by atoms with E-state index in [1.54, 1.807) is 94.8 Å². The van der Waals surface area contributed by atoms with Crippen LogP contribution >= 0.6 is 10.9 Å². The van der Waals surface area contributed by atoms with Gasteiger partial charge < -0.3 is 60.7 Å². The Morgan fingerprint density at radius 1 is 0.899 bits per heavy atom. The molecule has 4 heterocycles. The number of fused-ring (bicyclic) bond motifs is 5. The van der Waals surface area contributed by atoms with Crippen molar-refractivity contribution in [1.82, 2.24) is 35.3 Å². The second-order valence-corrected chi connectivity index (χ2v) is 23.9. The van der Waals surface area contributed by atoms with Crippen LogP contribution in [0, 0.1) is 11.8 Å². The number of thiol groups is 1. The monoisotopic (exact) mass is 1110 g/mol. The van der Waals surface area contributed by atoms with Gasteiger partial charge in [-0.1, -0.05) is 53.7 Å². The third kappa shape index (κ3) is 14.8. The second-order valence-electron chi connectivity index (χ2n) is 21.1. The first-order chi connectivity index (χ1) is 37.3. The molecule has 2 aliphatic rings. The Hall–Kier alpha value is -7.53. The van der Waals surface area contributed by atoms with Crippen LogP contribution in [0.3, 0.4) is 0 Å². The van der Waals surface area contributed by atoms with Crippen LogP contribution in [-0.4, -0.2) is 136 Å². The van der Waals surface area contributed by atoms with Crippen molar-refractivity contribution < 1.29 is 57.7 Å². The SMILES string of the molecule is CC[C@@]1(O)C(=O)OCc2c1cc1n(c2=O)Cc2c-1nc1ccc(OC(=O)N(C)CCN(C)C(=O)OCc3ccc(NC(=O)[C@H](CCCNC(N)=O)NC(=O)[C@@H](NC(=O)CCC(=O)C(C)C)C(C)C)cc3)cc1c2CC(C)[SH](C)C. The number of urea groups is 1. The standard InChI is InChI=1S/C56H75N9O13S/c1-11-56(75)41-27-44-48-39(28-65(44)51(70)40(41)30-76-52(56)71)37(25-33(6)79(9)10)38-26-36(18-19-42(38)60-48)78-55(74)64(8)24-23-63(7)54(73)77-29-34-14-16-35(17-15-34)59-49(68)43(13-12-22-58-53(57)72)61-50(69)47(32(4)5)62-46(67)21-20-45(66)31(2)3/h14-19,26-27,31-33,43,47,75,79H,11-13,20-25,28-30H2,1-10H3,(H,59,68)(H,61,69)(H,62,67)(H3,57,58,72)/t33?,43-,47-,56-/m0/s1. The van der Waals surface area contributed by atoms with Gasteiger partial charge in [-0.2, -0.15) is 0 Å². The van der Waals surface area contributed by atoms with Crippen molar-refractivity contribution in [3.8, 4) is 17.1 Å². The lowest BCUT2D eigenvalue weighted by Gasteiger charge is -2.31. The molecule has 0 saturated heterocycles. The minimum absolute atomic E-state index is 0.0266. The van der Waals surface area contributed by atoms with E-state index in [4.69, 9.17) is 24.9 Å². The number of nitrogens with zero attached hydrogens (tertiary/aromatic N) is 4. The topological polar surface area (TPSA) is 300 Å². The van der Waals surface area contributed by atoms with Crippen molar-refractivity contribution in [3.05, 3.63) is 86.7 Å². The number of Topliss-reactive ketones (excluding diaryl/α,β-unsaturated/α-hetero) is 1. The fourth-order valence-electron chi connectivity index (χ4n) is 9.10. The second kappa shape index (κ2) is 26.4. The summed E-state index contributed by atoms with van der Waals surface area (Å²) in [6.07, 6.45) is 4.10. The number of ether oxygens (including phenoxy) is 3. The van der Waals surface area contributed by atoms with Gasteiger partial charge in [0, 0.05) is 74.7 Å². The number of carbonyl (C=O) groups excluding carboxylic acids is 8. The average molecular weight is 1110 g/mol. The summed E-state index contributed by atoms with van der Waals surface area (Å²) < 4.78 is 18.3. The lowest BCUT2D eigenvalue weighted by Crippen LogP contribution is -2.54. The van der Waals surface area contributed by atoms with Gasteiger partial charge in [-0.25, -0.2) is 24.2 Å². The van der Waals surface area contributed by atoms with Gasteiger partial charge in [0.1, 0.15) is 36.8 Å². The Morgan fingerprint density at radius 2 is 1.58 bits per heavy atom. The minimum atomic E-state index is -1.96. The number of amides is 7. The molecule has 0 fully saturated rings. The zero-order valence-corrected chi connectivity index (χ0v) is 47.5. The smallest absolute Gasteiger partial charge is 0.415 e. The molecule has 0 aliphatic carbocycles. The number of primary amides is 1. The molecule has 0 radical (unpaired) electrons. The number of anilines is 1. The van der Waals surface area contributed by atoms with E-state index >= 15 is 0 Å². The van der Waals surface area contributed by atoms with E-state index in [9.17, 15) is 48.3 Å². The molecule has 0 bridgehead atoms. The number of nitrogens with two attached hydrogens (primary N) is 1. The van der Waals surface area contributed by atoms with E-state index in [0.29, 0.717) is 34.6 Å². The molecule has 6 rings (SSSR count). The molecule has 23 heteroatoms. The number of hydrogen-bond donors (Lipinski definition) is 7. The first-order valence-corrected chi connectivity index (χ1v) is 28.8. The highest BCUT2D eigenvalue weighted by Gasteiger charge is 2.45. The van der Waals surface area contributed by atoms with E-state index in [1.165, 1.54) is 16.8 Å². The number of carbonyl (C=O) groups is 8. The number of rotatable bonds is 24. The number of pyridine rings is 2. The van der Waals surface area contributed by atoms with Crippen molar-refractivity contribution in [2.75, 3.05) is 51.6 Å². The van der Waals surface area contributed by atoms with Crippen molar-refractivity contribution in [3.63, 3.8) is 0 Å². The van der Waals surface area contributed by atoms with E-state index in [1.807, 2.05) is 0 Å². The Kier molecular flexibility index (Phi) is 20.3. The number of aliphatic hydroxyl groups is 1. The first kappa shape index (κ1) is 60.7.